The van der Waals surface area contributed by atoms with Crippen molar-refractivity contribution >= 4 is 15.9 Å². The van der Waals surface area contributed by atoms with Gasteiger partial charge in [0, 0.05) is 26.1 Å². The summed E-state index contributed by atoms with van der Waals surface area (Å²) in [4.78, 5) is 14.5. The Balaban J connectivity index is 1.59. The number of carbonyl (C=O) groups excluding carboxylic acids is 1. The Hall–Kier alpha value is -0.660. The fourth-order valence-corrected chi connectivity index (χ4v) is 4.53. The van der Waals surface area contributed by atoms with Gasteiger partial charge in [-0.25, -0.2) is 12.7 Å². The molecule has 0 aliphatic carbocycles. The molecule has 1 N–H and O–H groups in total. The highest BCUT2D eigenvalue weighted by atomic mass is 32.2. The maximum Gasteiger partial charge on any atom is 0.220 e. The third-order valence-electron chi connectivity index (χ3n) is 5.22. The van der Waals surface area contributed by atoms with Crippen molar-refractivity contribution in [3.63, 3.8) is 0 Å². The van der Waals surface area contributed by atoms with E-state index in [2.05, 4.69) is 17.1 Å². The number of rotatable bonds is 7. The van der Waals surface area contributed by atoms with Crippen molar-refractivity contribution < 1.29 is 13.2 Å². The molecule has 134 valence electrons. The van der Waals surface area contributed by atoms with E-state index in [9.17, 15) is 13.2 Å². The van der Waals surface area contributed by atoms with E-state index in [0.717, 1.165) is 31.8 Å². The molecule has 1 amide bonds. The van der Waals surface area contributed by atoms with Crippen molar-refractivity contribution in [3.05, 3.63) is 0 Å². The molecule has 6 nitrogen and oxygen atoms in total. The van der Waals surface area contributed by atoms with Crippen LogP contribution >= 0.6 is 0 Å². The molecular weight excluding hydrogens is 314 g/mol. The highest BCUT2D eigenvalue weighted by Gasteiger charge is 2.29. The number of hydrogen-bond acceptors (Lipinski definition) is 4. The zero-order valence-electron chi connectivity index (χ0n) is 14.5. The smallest absolute Gasteiger partial charge is 0.220 e. The Kier molecular flexibility index (Phi) is 6.85. The molecule has 2 aliphatic rings. The first-order valence-corrected chi connectivity index (χ1v) is 10.7. The Labute approximate surface area is 140 Å². The zero-order valence-corrected chi connectivity index (χ0v) is 15.3. The van der Waals surface area contributed by atoms with Crippen LogP contribution in [-0.4, -0.2) is 69.1 Å². The van der Waals surface area contributed by atoms with Crippen LogP contribution in [-0.2, 0) is 14.8 Å². The molecule has 2 rings (SSSR count). The van der Waals surface area contributed by atoms with Crippen LogP contribution < -0.4 is 5.32 Å². The Morgan fingerprint density at radius 3 is 2.35 bits per heavy atom. The second-order valence-electron chi connectivity index (χ2n) is 7.00. The van der Waals surface area contributed by atoms with Crippen LogP contribution in [0.25, 0.3) is 0 Å². The van der Waals surface area contributed by atoms with E-state index in [1.165, 1.54) is 36.5 Å². The van der Waals surface area contributed by atoms with Crippen molar-refractivity contribution in [1.82, 2.24) is 14.5 Å². The lowest BCUT2D eigenvalue weighted by molar-refractivity contribution is -0.121. The number of hydrogen-bond donors (Lipinski definition) is 1. The zero-order chi connectivity index (χ0) is 16.9. The lowest BCUT2D eigenvalue weighted by atomic mass is 9.93. The predicted octanol–water partition coefficient (Wildman–Crippen LogP) is 0.896. The molecule has 2 heterocycles. The summed E-state index contributed by atoms with van der Waals surface area (Å²) < 4.78 is 24.4. The number of likely N-dealkylation sites (tertiary alicyclic amines) is 1. The molecule has 0 aromatic rings. The molecule has 0 aromatic carbocycles. The fourth-order valence-electron chi connectivity index (χ4n) is 3.61. The highest BCUT2D eigenvalue weighted by Crippen LogP contribution is 2.22. The van der Waals surface area contributed by atoms with Gasteiger partial charge >= 0.3 is 0 Å². The standard InChI is InChI=1S/C16H31N3O3S/c1-3-18-9-5-14(6-10-18)4-8-17-16(20)12-15-7-11-19(13-15)23(2,21)22/h14-15H,3-13H2,1-2H3,(H,17,20). The molecule has 1 atom stereocenters. The predicted molar refractivity (Wildman–Crippen MR) is 91.6 cm³/mol. The van der Waals surface area contributed by atoms with E-state index in [4.69, 9.17) is 0 Å². The van der Waals surface area contributed by atoms with Gasteiger partial charge in [-0.05, 0) is 57.2 Å². The van der Waals surface area contributed by atoms with Crippen molar-refractivity contribution in [1.29, 1.82) is 0 Å². The first-order valence-electron chi connectivity index (χ1n) is 8.82. The average Bonchev–Trinajstić information content (AvgIpc) is 2.96. The van der Waals surface area contributed by atoms with E-state index in [-0.39, 0.29) is 11.8 Å². The van der Waals surface area contributed by atoms with Crippen molar-refractivity contribution in [3.8, 4) is 0 Å². The molecule has 23 heavy (non-hydrogen) atoms. The fraction of sp³-hybridized carbons (Fsp3) is 0.938. The monoisotopic (exact) mass is 345 g/mol. The lowest BCUT2D eigenvalue weighted by Crippen LogP contribution is -2.35. The molecule has 0 bridgehead atoms. The van der Waals surface area contributed by atoms with Crippen LogP contribution in [0.3, 0.4) is 0 Å². The van der Waals surface area contributed by atoms with Gasteiger partial charge in [-0.3, -0.25) is 4.79 Å². The number of nitrogens with zero attached hydrogens (tertiary/aromatic N) is 2. The molecule has 2 fully saturated rings. The van der Waals surface area contributed by atoms with Crippen LogP contribution in [0.15, 0.2) is 0 Å². The van der Waals surface area contributed by atoms with Gasteiger partial charge in [0.05, 0.1) is 6.26 Å². The number of amides is 1. The summed E-state index contributed by atoms with van der Waals surface area (Å²) in [6.07, 6.45) is 5.99. The molecule has 0 radical (unpaired) electrons. The first kappa shape index (κ1) is 18.7. The number of nitrogens with one attached hydrogen (secondary N) is 1. The van der Waals surface area contributed by atoms with Crippen LogP contribution in [0.2, 0.25) is 0 Å². The van der Waals surface area contributed by atoms with Gasteiger partial charge in [0.1, 0.15) is 0 Å². The van der Waals surface area contributed by atoms with Crippen LogP contribution in [0.1, 0.15) is 39.0 Å². The van der Waals surface area contributed by atoms with Gasteiger partial charge in [0.15, 0.2) is 0 Å². The Morgan fingerprint density at radius 1 is 1.13 bits per heavy atom. The summed E-state index contributed by atoms with van der Waals surface area (Å²) in [6.45, 7) is 7.48. The van der Waals surface area contributed by atoms with Crippen molar-refractivity contribution in [2.45, 2.75) is 39.0 Å². The molecule has 2 saturated heterocycles. The molecule has 2 aliphatic heterocycles. The Morgan fingerprint density at radius 2 is 1.78 bits per heavy atom. The third kappa shape index (κ3) is 6.04. The van der Waals surface area contributed by atoms with Gasteiger partial charge in [-0.2, -0.15) is 0 Å². The van der Waals surface area contributed by atoms with E-state index in [1.54, 1.807) is 0 Å². The largest absolute Gasteiger partial charge is 0.356 e. The molecule has 0 aromatic heterocycles. The molecule has 0 spiro atoms. The van der Waals surface area contributed by atoms with Gasteiger partial charge in [-0.15, -0.1) is 0 Å². The minimum atomic E-state index is -3.11. The van der Waals surface area contributed by atoms with E-state index in [1.807, 2.05) is 0 Å². The maximum atomic E-state index is 12.0. The van der Waals surface area contributed by atoms with Crippen molar-refractivity contribution in [2.24, 2.45) is 11.8 Å². The summed E-state index contributed by atoms with van der Waals surface area (Å²) in [5.41, 5.74) is 0. The molecule has 1 unspecified atom stereocenters. The van der Waals surface area contributed by atoms with Gasteiger partial charge < -0.3 is 10.2 Å². The van der Waals surface area contributed by atoms with E-state index in [0.29, 0.717) is 19.5 Å². The highest BCUT2D eigenvalue weighted by molar-refractivity contribution is 7.88. The normalized spacial score (nSPS) is 24.9. The van der Waals surface area contributed by atoms with Crippen LogP contribution in [0, 0.1) is 11.8 Å². The number of piperidine rings is 1. The molecular formula is C16H31N3O3S. The second-order valence-corrected chi connectivity index (χ2v) is 8.98. The summed E-state index contributed by atoms with van der Waals surface area (Å²) in [5, 5.41) is 3.02. The quantitative estimate of drug-likeness (QED) is 0.744. The van der Waals surface area contributed by atoms with Gasteiger partial charge in [0.2, 0.25) is 15.9 Å². The SMILES string of the molecule is CCN1CCC(CCNC(=O)CC2CCN(S(C)(=O)=O)C2)CC1. The minimum absolute atomic E-state index is 0.0661. The van der Waals surface area contributed by atoms with Gasteiger partial charge in [-0.1, -0.05) is 6.92 Å². The van der Waals surface area contributed by atoms with Crippen LogP contribution in [0.4, 0.5) is 0 Å². The summed E-state index contributed by atoms with van der Waals surface area (Å²) in [7, 11) is -3.11. The number of carbonyl (C=O) groups is 1. The van der Waals surface area contributed by atoms with Crippen LogP contribution in [0.5, 0.6) is 0 Å². The third-order valence-corrected chi connectivity index (χ3v) is 6.49. The summed E-state index contributed by atoms with van der Waals surface area (Å²) in [5.74, 6) is 0.958. The first-order chi connectivity index (χ1) is 10.9. The number of sulfonamides is 1. The summed E-state index contributed by atoms with van der Waals surface area (Å²) in [6, 6.07) is 0. The second kappa shape index (κ2) is 8.44. The molecule has 0 saturated carbocycles. The van der Waals surface area contributed by atoms with E-state index >= 15 is 0 Å². The Bertz CT molecular complexity index is 487. The summed E-state index contributed by atoms with van der Waals surface area (Å²) >= 11 is 0. The van der Waals surface area contributed by atoms with Gasteiger partial charge in [0.25, 0.3) is 0 Å². The van der Waals surface area contributed by atoms with Crippen molar-refractivity contribution in [2.75, 3.05) is 45.5 Å². The molecule has 7 heteroatoms. The topological polar surface area (TPSA) is 69.7 Å². The van der Waals surface area contributed by atoms with E-state index < -0.39 is 10.0 Å². The lowest BCUT2D eigenvalue weighted by Gasteiger charge is -2.31. The maximum absolute atomic E-state index is 12.0. The average molecular weight is 346 g/mol. The minimum Gasteiger partial charge on any atom is -0.356 e.